The van der Waals surface area contributed by atoms with Crippen LogP contribution in [0.3, 0.4) is 0 Å². The number of amides is 1. The van der Waals surface area contributed by atoms with Gasteiger partial charge < -0.3 is 5.32 Å². The third-order valence-electron chi connectivity index (χ3n) is 3.18. The van der Waals surface area contributed by atoms with Gasteiger partial charge in [-0.15, -0.1) is 0 Å². The Labute approximate surface area is 120 Å². The molecule has 1 N–H and O–H groups in total. The van der Waals surface area contributed by atoms with E-state index in [1.165, 1.54) is 0 Å². The monoisotopic (exact) mass is 293 g/mol. The van der Waals surface area contributed by atoms with Crippen molar-refractivity contribution in [3.8, 4) is 0 Å². The van der Waals surface area contributed by atoms with Crippen molar-refractivity contribution < 1.29 is 18.0 Å². The fourth-order valence-corrected chi connectivity index (χ4v) is 1.93. The largest absolute Gasteiger partial charge is 0.351 e. The molecule has 0 heterocycles. The zero-order chi connectivity index (χ0) is 15.4. The molecule has 2 nitrogen and oxygen atoms in total. The van der Waals surface area contributed by atoms with E-state index in [2.05, 4.69) is 5.32 Å². The molecule has 1 amide bonds. The number of halogens is 3. The highest BCUT2D eigenvalue weighted by Crippen LogP contribution is 2.15. The van der Waals surface area contributed by atoms with E-state index < -0.39 is 23.4 Å². The summed E-state index contributed by atoms with van der Waals surface area (Å²) in [4.78, 5) is 11.8. The van der Waals surface area contributed by atoms with Gasteiger partial charge in [0, 0.05) is 12.1 Å². The lowest BCUT2D eigenvalue weighted by atomic mass is 10.0. The molecule has 0 saturated carbocycles. The SMILES string of the molecule is CC(CNC(=O)c1cc(F)c(F)c(F)c1)c1ccccc1. The van der Waals surface area contributed by atoms with Crippen LogP contribution in [0.25, 0.3) is 0 Å². The number of rotatable bonds is 4. The first kappa shape index (κ1) is 15.1. The predicted octanol–water partition coefficient (Wildman–Crippen LogP) is 3.64. The van der Waals surface area contributed by atoms with Gasteiger partial charge in [0.05, 0.1) is 0 Å². The number of benzene rings is 2. The molecule has 0 spiro atoms. The van der Waals surface area contributed by atoms with E-state index in [-0.39, 0.29) is 11.5 Å². The average molecular weight is 293 g/mol. The quantitative estimate of drug-likeness (QED) is 0.857. The topological polar surface area (TPSA) is 29.1 Å². The summed E-state index contributed by atoms with van der Waals surface area (Å²) in [5.74, 6) is -4.93. The first-order valence-electron chi connectivity index (χ1n) is 6.46. The summed E-state index contributed by atoms with van der Waals surface area (Å²) in [5, 5.41) is 2.58. The minimum absolute atomic E-state index is 0.0466. The van der Waals surface area contributed by atoms with Gasteiger partial charge in [-0.2, -0.15) is 0 Å². The van der Waals surface area contributed by atoms with Crippen molar-refractivity contribution in [2.75, 3.05) is 6.54 Å². The molecule has 1 atom stereocenters. The van der Waals surface area contributed by atoms with Gasteiger partial charge in [0.2, 0.25) is 0 Å². The first-order valence-corrected chi connectivity index (χ1v) is 6.46. The molecular weight excluding hydrogens is 279 g/mol. The van der Waals surface area contributed by atoms with Gasteiger partial charge in [0.1, 0.15) is 0 Å². The summed E-state index contributed by atoms with van der Waals surface area (Å²) >= 11 is 0. The Hall–Kier alpha value is -2.30. The Morgan fingerprint density at radius 2 is 1.67 bits per heavy atom. The van der Waals surface area contributed by atoms with E-state index in [1.54, 1.807) is 0 Å². The maximum absolute atomic E-state index is 13.1. The van der Waals surface area contributed by atoms with Crippen LogP contribution in [-0.4, -0.2) is 12.5 Å². The summed E-state index contributed by atoms with van der Waals surface area (Å²) in [6, 6.07) is 10.9. The van der Waals surface area contributed by atoms with E-state index >= 15 is 0 Å². The molecule has 0 radical (unpaired) electrons. The van der Waals surface area contributed by atoms with Crippen molar-refractivity contribution in [1.82, 2.24) is 5.32 Å². The minimum Gasteiger partial charge on any atom is -0.351 e. The van der Waals surface area contributed by atoms with Gasteiger partial charge in [-0.05, 0) is 23.6 Å². The molecule has 21 heavy (non-hydrogen) atoms. The van der Waals surface area contributed by atoms with Gasteiger partial charge in [0.25, 0.3) is 5.91 Å². The highest BCUT2D eigenvalue weighted by atomic mass is 19.2. The Bertz CT molecular complexity index is 620. The third-order valence-corrected chi connectivity index (χ3v) is 3.18. The highest BCUT2D eigenvalue weighted by Gasteiger charge is 2.15. The molecule has 0 aromatic heterocycles. The summed E-state index contributed by atoms with van der Waals surface area (Å²) in [5.41, 5.74) is 0.793. The third kappa shape index (κ3) is 3.62. The van der Waals surface area contributed by atoms with Crippen LogP contribution in [0.2, 0.25) is 0 Å². The van der Waals surface area contributed by atoms with E-state index in [1.807, 2.05) is 37.3 Å². The molecule has 0 aliphatic rings. The smallest absolute Gasteiger partial charge is 0.251 e. The maximum atomic E-state index is 13.1. The molecule has 1 unspecified atom stereocenters. The first-order chi connectivity index (χ1) is 9.99. The van der Waals surface area contributed by atoms with Crippen molar-refractivity contribution in [2.24, 2.45) is 0 Å². The molecule has 2 rings (SSSR count). The number of hydrogen-bond donors (Lipinski definition) is 1. The molecule has 110 valence electrons. The lowest BCUT2D eigenvalue weighted by molar-refractivity contribution is 0.0950. The molecule has 0 fully saturated rings. The van der Waals surface area contributed by atoms with Crippen LogP contribution in [0.4, 0.5) is 13.2 Å². The number of carbonyl (C=O) groups excluding carboxylic acids is 1. The molecule has 2 aromatic carbocycles. The number of hydrogen-bond acceptors (Lipinski definition) is 1. The molecule has 0 aliphatic heterocycles. The van der Waals surface area contributed by atoms with Crippen LogP contribution >= 0.6 is 0 Å². The summed E-state index contributed by atoms with van der Waals surface area (Å²) in [6.07, 6.45) is 0. The maximum Gasteiger partial charge on any atom is 0.251 e. The van der Waals surface area contributed by atoms with Gasteiger partial charge in [-0.1, -0.05) is 37.3 Å². The second kappa shape index (κ2) is 6.43. The molecule has 2 aromatic rings. The highest BCUT2D eigenvalue weighted by molar-refractivity contribution is 5.94. The normalized spacial score (nSPS) is 12.0. The molecule has 0 aliphatic carbocycles. The van der Waals surface area contributed by atoms with Crippen molar-refractivity contribution in [1.29, 1.82) is 0 Å². The van der Waals surface area contributed by atoms with E-state index in [9.17, 15) is 18.0 Å². The van der Waals surface area contributed by atoms with Crippen LogP contribution in [0.1, 0.15) is 28.8 Å². The van der Waals surface area contributed by atoms with Crippen LogP contribution in [0.15, 0.2) is 42.5 Å². The summed E-state index contributed by atoms with van der Waals surface area (Å²) in [6.45, 7) is 2.23. The molecule has 0 saturated heterocycles. The molecular formula is C16H14F3NO. The minimum atomic E-state index is -1.58. The number of nitrogens with one attached hydrogen (secondary N) is 1. The summed E-state index contributed by atoms with van der Waals surface area (Å²) < 4.78 is 39.0. The number of carbonyl (C=O) groups is 1. The van der Waals surface area contributed by atoms with Gasteiger partial charge in [-0.25, -0.2) is 13.2 Å². The van der Waals surface area contributed by atoms with Gasteiger partial charge in [-0.3, -0.25) is 4.79 Å². The molecule has 0 bridgehead atoms. The van der Waals surface area contributed by atoms with Crippen molar-refractivity contribution >= 4 is 5.91 Å². The van der Waals surface area contributed by atoms with E-state index in [0.717, 1.165) is 5.56 Å². The fraction of sp³-hybridized carbons (Fsp3) is 0.188. The average Bonchev–Trinajstić information content (AvgIpc) is 2.50. The Kier molecular flexibility index (Phi) is 4.62. The van der Waals surface area contributed by atoms with Crippen LogP contribution in [0.5, 0.6) is 0 Å². The van der Waals surface area contributed by atoms with Crippen molar-refractivity contribution in [3.05, 3.63) is 71.0 Å². The fourth-order valence-electron chi connectivity index (χ4n) is 1.93. The summed E-state index contributed by atoms with van der Waals surface area (Å²) in [7, 11) is 0. The van der Waals surface area contributed by atoms with Crippen LogP contribution in [-0.2, 0) is 0 Å². The zero-order valence-corrected chi connectivity index (χ0v) is 11.4. The van der Waals surface area contributed by atoms with Crippen LogP contribution < -0.4 is 5.32 Å². The second-order valence-corrected chi connectivity index (χ2v) is 4.78. The van der Waals surface area contributed by atoms with Crippen molar-refractivity contribution in [2.45, 2.75) is 12.8 Å². The van der Waals surface area contributed by atoms with E-state index in [4.69, 9.17) is 0 Å². The van der Waals surface area contributed by atoms with E-state index in [0.29, 0.717) is 18.7 Å². The van der Waals surface area contributed by atoms with Crippen molar-refractivity contribution in [3.63, 3.8) is 0 Å². The molecule has 5 heteroatoms. The Morgan fingerprint density at radius 3 is 2.24 bits per heavy atom. The van der Waals surface area contributed by atoms with Gasteiger partial charge >= 0.3 is 0 Å². The lowest BCUT2D eigenvalue weighted by Crippen LogP contribution is -2.27. The Morgan fingerprint density at radius 1 is 1.10 bits per heavy atom. The second-order valence-electron chi connectivity index (χ2n) is 4.78. The van der Waals surface area contributed by atoms with Crippen LogP contribution in [0, 0.1) is 17.5 Å². The lowest BCUT2D eigenvalue weighted by Gasteiger charge is -2.13. The van der Waals surface area contributed by atoms with Gasteiger partial charge in [0.15, 0.2) is 17.5 Å². The standard InChI is InChI=1S/C16H14F3NO/c1-10(11-5-3-2-4-6-11)9-20-16(21)12-7-13(17)15(19)14(18)8-12/h2-8,10H,9H2,1H3,(H,20,21). The zero-order valence-electron chi connectivity index (χ0n) is 11.4. The Balaban J connectivity index is 2.02. The predicted molar refractivity (Wildman–Crippen MR) is 73.5 cm³/mol.